The number of hydrogen-bond acceptors (Lipinski definition) is 2. The van der Waals surface area contributed by atoms with E-state index in [2.05, 4.69) is 13.8 Å². The zero-order valence-electron chi connectivity index (χ0n) is 9.74. The Balaban J connectivity index is 1.93. The lowest BCUT2D eigenvalue weighted by atomic mass is 9.91. The van der Waals surface area contributed by atoms with Crippen LogP contribution < -0.4 is 0 Å². The van der Waals surface area contributed by atoms with Crippen LogP contribution in [0.5, 0.6) is 0 Å². The number of nitrogens with zero attached hydrogens (tertiary/aromatic N) is 1. The van der Waals surface area contributed by atoms with Crippen molar-refractivity contribution in [2.24, 2.45) is 11.8 Å². The quantitative estimate of drug-likeness (QED) is 0.660. The van der Waals surface area contributed by atoms with Crippen molar-refractivity contribution in [2.45, 2.75) is 39.2 Å². The fourth-order valence-corrected chi connectivity index (χ4v) is 2.82. The predicted octanol–water partition coefficient (Wildman–Crippen LogP) is 1.67. The van der Waals surface area contributed by atoms with Crippen LogP contribution in [-0.4, -0.2) is 36.6 Å². The third kappa shape index (κ3) is 2.51. The Labute approximate surface area is 91.8 Å². The molecular weight excluding hydrogens is 190 g/mol. The van der Waals surface area contributed by atoms with Gasteiger partial charge in [-0.15, -0.1) is 0 Å². The summed E-state index contributed by atoms with van der Waals surface area (Å²) in [6.07, 6.45) is 3.06. The molecular formula is C12H21NO2. The minimum absolute atomic E-state index is 0.137. The van der Waals surface area contributed by atoms with Crippen molar-refractivity contribution in [2.75, 3.05) is 19.7 Å². The smallest absolute Gasteiger partial charge is 0.251 e. The maximum absolute atomic E-state index is 12.1. The molecule has 3 unspecified atom stereocenters. The standard InChI is InChI=1S/C12H21NO2/c1-9-6-10(2)8-13(7-9)12(14)11-4-3-5-15-11/h9-11H,3-8H2,1-2H3. The van der Waals surface area contributed by atoms with Gasteiger partial charge in [-0.2, -0.15) is 0 Å². The highest BCUT2D eigenvalue weighted by molar-refractivity contribution is 5.81. The van der Waals surface area contributed by atoms with E-state index >= 15 is 0 Å². The van der Waals surface area contributed by atoms with Gasteiger partial charge in [-0.25, -0.2) is 0 Å². The van der Waals surface area contributed by atoms with E-state index in [0.717, 1.165) is 32.5 Å². The first-order chi connectivity index (χ1) is 7.16. The molecule has 3 heteroatoms. The van der Waals surface area contributed by atoms with Gasteiger partial charge < -0.3 is 9.64 Å². The molecule has 2 heterocycles. The number of ether oxygens (including phenoxy) is 1. The third-order valence-corrected chi connectivity index (χ3v) is 3.39. The maximum Gasteiger partial charge on any atom is 0.251 e. The molecule has 0 spiro atoms. The van der Waals surface area contributed by atoms with E-state index in [1.165, 1.54) is 6.42 Å². The lowest BCUT2D eigenvalue weighted by molar-refractivity contribution is -0.143. The Hall–Kier alpha value is -0.570. The number of carbonyl (C=O) groups is 1. The third-order valence-electron chi connectivity index (χ3n) is 3.39. The van der Waals surface area contributed by atoms with Crippen LogP contribution in [0.3, 0.4) is 0 Å². The largest absolute Gasteiger partial charge is 0.368 e. The van der Waals surface area contributed by atoms with Crippen LogP contribution in [-0.2, 0) is 9.53 Å². The summed E-state index contributed by atoms with van der Waals surface area (Å²) in [4.78, 5) is 14.1. The van der Waals surface area contributed by atoms with Gasteiger partial charge in [0.1, 0.15) is 6.10 Å². The predicted molar refractivity (Wildman–Crippen MR) is 58.5 cm³/mol. The van der Waals surface area contributed by atoms with Gasteiger partial charge >= 0.3 is 0 Å². The van der Waals surface area contributed by atoms with Gasteiger partial charge in [0.05, 0.1) is 0 Å². The molecule has 15 heavy (non-hydrogen) atoms. The molecule has 0 saturated carbocycles. The fraction of sp³-hybridized carbons (Fsp3) is 0.917. The molecule has 3 nitrogen and oxygen atoms in total. The van der Waals surface area contributed by atoms with E-state index in [9.17, 15) is 4.79 Å². The van der Waals surface area contributed by atoms with Crippen molar-refractivity contribution in [3.8, 4) is 0 Å². The van der Waals surface area contributed by atoms with E-state index < -0.39 is 0 Å². The molecule has 2 rings (SSSR count). The normalized spacial score (nSPS) is 36.9. The number of hydrogen-bond donors (Lipinski definition) is 0. The average Bonchev–Trinajstić information content (AvgIpc) is 2.67. The Bertz CT molecular complexity index is 226. The van der Waals surface area contributed by atoms with Gasteiger partial charge in [0.25, 0.3) is 5.91 Å². The summed E-state index contributed by atoms with van der Waals surface area (Å²) in [7, 11) is 0. The number of carbonyl (C=O) groups excluding carboxylic acids is 1. The molecule has 0 aromatic heterocycles. The molecule has 0 N–H and O–H groups in total. The van der Waals surface area contributed by atoms with Crippen LogP contribution in [0.25, 0.3) is 0 Å². The van der Waals surface area contributed by atoms with Crippen molar-refractivity contribution in [3.05, 3.63) is 0 Å². The summed E-state index contributed by atoms with van der Waals surface area (Å²) in [6.45, 7) is 7.05. The molecule has 0 aliphatic carbocycles. The van der Waals surface area contributed by atoms with Gasteiger partial charge in [-0.3, -0.25) is 4.79 Å². The Morgan fingerprint density at radius 1 is 1.27 bits per heavy atom. The molecule has 2 saturated heterocycles. The highest BCUT2D eigenvalue weighted by Gasteiger charge is 2.32. The van der Waals surface area contributed by atoms with Crippen LogP contribution in [0.1, 0.15) is 33.1 Å². The molecule has 2 aliphatic rings. The van der Waals surface area contributed by atoms with Crippen LogP contribution in [0.15, 0.2) is 0 Å². The minimum atomic E-state index is -0.137. The van der Waals surface area contributed by atoms with Crippen LogP contribution in [0.4, 0.5) is 0 Å². The summed E-state index contributed by atoms with van der Waals surface area (Å²) in [5, 5.41) is 0. The van der Waals surface area contributed by atoms with E-state index in [0.29, 0.717) is 11.8 Å². The molecule has 0 bridgehead atoms. The molecule has 0 aromatic rings. The second kappa shape index (κ2) is 4.52. The topological polar surface area (TPSA) is 29.5 Å². The summed E-state index contributed by atoms with van der Waals surface area (Å²) in [5.41, 5.74) is 0. The van der Waals surface area contributed by atoms with Crippen LogP contribution >= 0.6 is 0 Å². The molecule has 86 valence electrons. The van der Waals surface area contributed by atoms with Gasteiger partial charge in [0, 0.05) is 19.7 Å². The second-order valence-corrected chi connectivity index (χ2v) is 5.19. The Morgan fingerprint density at radius 2 is 1.93 bits per heavy atom. The minimum Gasteiger partial charge on any atom is -0.368 e. The lowest BCUT2D eigenvalue weighted by Gasteiger charge is -2.36. The summed E-state index contributed by atoms with van der Waals surface area (Å²) in [6, 6.07) is 0. The first kappa shape index (κ1) is 10.9. The second-order valence-electron chi connectivity index (χ2n) is 5.19. The van der Waals surface area contributed by atoms with Crippen molar-refractivity contribution in [1.82, 2.24) is 4.90 Å². The van der Waals surface area contributed by atoms with Crippen LogP contribution in [0, 0.1) is 11.8 Å². The molecule has 2 fully saturated rings. The Morgan fingerprint density at radius 3 is 2.47 bits per heavy atom. The number of likely N-dealkylation sites (tertiary alicyclic amines) is 1. The number of piperidine rings is 1. The maximum atomic E-state index is 12.1. The van der Waals surface area contributed by atoms with Crippen LogP contribution in [0.2, 0.25) is 0 Å². The lowest BCUT2D eigenvalue weighted by Crippen LogP contribution is -2.46. The first-order valence-electron chi connectivity index (χ1n) is 6.07. The molecule has 0 radical (unpaired) electrons. The fourth-order valence-electron chi connectivity index (χ4n) is 2.82. The van der Waals surface area contributed by atoms with E-state index in [1.54, 1.807) is 0 Å². The molecule has 2 aliphatic heterocycles. The van der Waals surface area contributed by atoms with E-state index in [4.69, 9.17) is 4.74 Å². The molecule has 1 amide bonds. The molecule has 0 aromatic carbocycles. The summed E-state index contributed by atoms with van der Waals surface area (Å²) >= 11 is 0. The number of amides is 1. The van der Waals surface area contributed by atoms with E-state index in [-0.39, 0.29) is 12.0 Å². The van der Waals surface area contributed by atoms with Crippen molar-refractivity contribution in [1.29, 1.82) is 0 Å². The highest BCUT2D eigenvalue weighted by Crippen LogP contribution is 2.23. The van der Waals surface area contributed by atoms with Crippen molar-refractivity contribution < 1.29 is 9.53 Å². The van der Waals surface area contributed by atoms with Gasteiger partial charge in [-0.1, -0.05) is 13.8 Å². The average molecular weight is 211 g/mol. The number of rotatable bonds is 1. The summed E-state index contributed by atoms with van der Waals surface area (Å²) in [5.74, 6) is 1.50. The molecule has 3 atom stereocenters. The van der Waals surface area contributed by atoms with Gasteiger partial charge in [0.15, 0.2) is 0 Å². The SMILES string of the molecule is CC1CC(C)CN(C(=O)C2CCCO2)C1. The monoisotopic (exact) mass is 211 g/mol. The van der Waals surface area contributed by atoms with E-state index in [1.807, 2.05) is 4.90 Å². The van der Waals surface area contributed by atoms with Crippen molar-refractivity contribution in [3.63, 3.8) is 0 Å². The van der Waals surface area contributed by atoms with Crippen molar-refractivity contribution >= 4 is 5.91 Å². The summed E-state index contributed by atoms with van der Waals surface area (Å²) < 4.78 is 5.45. The van der Waals surface area contributed by atoms with Gasteiger partial charge in [0.2, 0.25) is 0 Å². The van der Waals surface area contributed by atoms with Gasteiger partial charge in [-0.05, 0) is 31.1 Å². The zero-order chi connectivity index (χ0) is 10.8. The highest BCUT2D eigenvalue weighted by atomic mass is 16.5. The zero-order valence-corrected chi connectivity index (χ0v) is 9.74. The Kier molecular flexibility index (Phi) is 3.29. The first-order valence-corrected chi connectivity index (χ1v) is 6.07.